The molecule has 34 heavy (non-hydrogen) atoms. The van der Waals surface area contributed by atoms with Gasteiger partial charge in [0.2, 0.25) is 0 Å². The van der Waals surface area contributed by atoms with Crippen LogP contribution in [0.25, 0.3) is 0 Å². The first-order chi connectivity index (χ1) is 16.1. The van der Waals surface area contributed by atoms with Gasteiger partial charge in [-0.05, 0) is 54.5 Å². The fourth-order valence-electron chi connectivity index (χ4n) is 4.16. The number of carbonyl (C=O) groups excluding carboxylic acids is 1. The van der Waals surface area contributed by atoms with Gasteiger partial charge in [0.25, 0.3) is 5.91 Å². The molecule has 4 rings (SSSR count). The van der Waals surface area contributed by atoms with Crippen LogP contribution in [0.4, 0.5) is 0 Å². The van der Waals surface area contributed by atoms with E-state index in [4.69, 9.17) is 18.9 Å². The smallest absolute Gasteiger partial charge is 0.259 e. The lowest BCUT2D eigenvalue weighted by molar-refractivity contribution is -0.0433. The Morgan fingerprint density at radius 2 is 1.79 bits per heavy atom. The summed E-state index contributed by atoms with van der Waals surface area (Å²) in [4.78, 5) is 20.5. The normalized spacial score (nSPS) is 22.8. The number of ether oxygens (including phenoxy) is 2. The van der Waals surface area contributed by atoms with Crippen molar-refractivity contribution in [1.29, 1.82) is 0 Å². The van der Waals surface area contributed by atoms with E-state index in [-0.39, 0.29) is 29.1 Å². The van der Waals surface area contributed by atoms with Gasteiger partial charge in [-0.1, -0.05) is 39.0 Å². The van der Waals surface area contributed by atoms with Crippen molar-refractivity contribution in [2.24, 2.45) is 4.99 Å². The topological polar surface area (TPSA) is 60.4 Å². The molecule has 1 amide bonds. The highest BCUT2D eigenvalue weighted by molar-refractivity contribution is 6.74. The second-order valence-electron chi connectivity index (χ2n) is 10.6. The van der Waals surface area contributed by atoms with Crippen molar-refractivity contribution < 1.29 is 18.7 Å². The molecule has 0 aliphatic carbocycles. The van der Waals surface area contributed by atoms with Crippen molar-refractivity contribution in [1.82, 2.24) is 4.90 Å². The number of hydrogen-bond acceptors (Lipinski definition) is 5. The summed E-state index contributed by atoms with van der Waals surface area (Å²) in [5.74, 6) is 1.41. The molecule has 0 aromatic heterocycles. The molecule has 0 N–H and O–H groups in total. The van der Waals surface area contributed by atoms with Crippen LogP contribution in [0.2, 0.25) is 18.1 Å². The molecule has 182 valence electrons. The van der Waals surface area contributed by atoms with Crippen LogP contribution in [0.15, 0.2) is 59.6 Å². The maximum absolute atomic E-state index is 13.6. The van der Waals surface area contributed by atoms with Crippen molar-refractivity contribution in [2.75, 3.05) is 20.3 Å². The third-order valence-corrected chi connectivity index (χ3v) is 11.8. The minimum Gasteiger partial charge on any atom is -0.497 e. The molecule has 2 aliphatic rings. The van der Waals surface area contributed by atoms with Gasteiger partial charge in [0, 0.05) is 17.5 Å². The molecule has 3 atom stereocenters. The van der Waals surface area contributed by atoms with Gasteiger partial charge >= 0.3 is 0 Å². The molecule has 1 saturated heterocycles. The van der Waals surface area contributed by atoms with Gasteiger partial charge in [-0.15, -0.1) is 0 Å². The minimum absolute atomic E-state index is 0.0217. The molecule has 0 radical (unpaired) electrons. The summed E-state index contributed by atoms with van der Waals surface area (Å²) in [6.45, 7) is 12.3. The van der Waals surface area contributed by atoms with Gasteiger partial charge in [-0.3, -0.25) is 14.7 Å². The molecule has 2 aromatic carbocycles. The highest BCUT2D eigenvalue weighted by Crippen LogP contribution is 2.37. The van der Waals surface area contributed by atoms with Crippen molar-refractivity contribution in [3.05, 3.63) is 65.7 Å². The number of rotatable bonds is 6. The molecular formula is C27H36N2O4Si. The van der Waals surface area contributed by atoms with E-state index in [1.807, 2.05) is 59.5 Å². The predicted molar refractivity (Wildman–Crippen MR) is 137 cm³/mol. The molecule has 7 heteroatoms. The largest absolute Gasteiger partial charge is 0.497 e. The van der Waals surface area contributed by atoms with Crippen LogP contribution in [0, 0.1) is 0 Å². The molecule has 0 bridgehead atoms. The third-order valence-electron chi connectivity index (χ3n) is 7.32. The lowest BCUT2D eigenvalue weighted by Gasteiger charge is -2.39. The first kappa shape index (κ1) is 24.6. The third kappa shape index (κ3) is 4.97. The minimum atomic E-state index is -1.87. The van der Waals surface area contributed by atoms with Crippen molar-refractivity contribution in [2.45, 2.75) is 63.5 Å². The Morgan fingerprint density at radius 1 is 1.12 bits per heavy atom. The predicted octanol–water partition coefficient (Wildman–Crippen LogP) is 5.15. The van der Waals surface area contributed by atoms with E-state index in [0.29, 0.717) is 24.6 Å². The van der Waals surface area contributed by atoms with E-state index in [0.717, 1.165) is 17.7 Å². The summed E-state index contributed by atoms with van der Waals surface area (Å²) in [6, 6.07) is 16.9. The van der Waals surface area contributed by atoms with Gasteiger partial charge in [0.15, 0.2) is 8.32 Å². The molecule has 2 aliphatic heterocycles. The Hall–Kier alpha value is -2.48. The molecule has 2 aromatic rings. The maximum atomic E-state index is 13.6. The zero-order valence-corrected chi connectivity index (χ0v) is 22.1. The first-order valence-electron chi connectivity index (χ1n) is 12.0. The van der Waals surface area contributed by atoms with E-state index in [9.17, 15) is 4.79 Å². The number of benzene rings is 2. The van der Waals surface area contributed by atoms with Crippen molar-refractivity contribution in [3.63, 3.8) is 0 Å². The second kappa shape index (κ2) is 9.64. The molecule has 0 unspecified atom stereocenters. The zero-order chi connectivity index (χ0) is 24.5. The second-order valence-corrected chi connectivity index (χ2v) is 15.4. The molecule has 1 fully saturated rings. The van der Waals surface area contributed by atoms with Crippen molar-refractivity contribution >= 4 is 20.1 Å². The highest BCUT2D eigenvalue weighted by Gasteiger charge is 2.45. The van der Waals surface area contributed by atoms with Crippen LogP contribution in [-0.2, 0) is 9.16 Å². The quantitative estimate of drug-likeness (QED) is 0.537. The van der Waals surface area contributed by atoms with E-state index < -0.39 is 8.32 Å². The molecule has 0 spiro atoms. The van der Waals surface area contributed by atoms with Crippen LogP contribution in [0.3, 0.4) is 0 Å². The summed E-state index contributed by atoms with van der Waals surface area (Å²) in [6.07, 6.45) is 0.709. The number of methoxy groups -OCH3 is 1. The standard InChI is InChI=1S/C27H36N2O4Si/c1-27(2,3)34(5,6)33-17-22-16-23-24(18-32-22)29(26(30)20-10-8-7-9-11-20)25(28-23)19-12-14-21(31-4)15-13-19/h7-15,22-24H,16-18H2,1-6H3/t22-,23+,24-/m0/s1. The summed E-state index contributed by atoms with van der Waals surface area (Å²) in [5.41, 5.74) is 1.54. The van der Waals surface area contributed by atoms with Gasteiger partial charge in [0.1, 0.15) is 11.6 Å². The fourth-order valence-corrected chi connectivity index (χ4v) is 5.19. The van der Waals surface area contributed by atoms with E-state index in [1.165, 1.54) is 0 Å². The van der Waals surface area contributed by atoms with E-state index in [1.54, 1.807) is 7.11 Å². The number of amides is 1. The Balaban J connectivity index is 1.57. The molecular weight excluding hydrogens is 444 g/mol. The van der Waals surface area contributed by atoms with Crippen LogP contribution >= 0.6 is 0 Å². The lowest BCUT2D eigenvalue weighted by Crippen LogP contribution is -2.52. The average Bonchev–Trinajstić information content (AvgIpc) is 3.21. The van der Waals surface area contributed by atoms with Crippen LogP contribution < -0.4 is 4.74 Å². The number of nitrogens with zero attached hydrogens (tertiary/aromatic N) is 2. The Bertz CT molecular complexity index is 1030. The van der Waals surface area contributed by atoms with Gasteiger partial charge in [0.05, 0.1) is 38.5 Å². The SMILES string of the molecule is COc1ccc(C2=N[C@@H]3C[C@@H](CO[Si](C)(C)C(C)(C)C)OC[C@@H]3N2C(=O)c2ccccc2)cc1. The Kier molecular flexibility index (Phi) is 6.98. The Morgan fingerprint density at radius 3 is 2.41 bits per heavy atom. The summed E-state index contributed by atoms with van der Waals surface area (Å²) in [5, 5.41) is 0.149. The Labute approximate surface area is 204 Å². The van der Waals surface area contributed by atoms with E-state index >= 15 is 0 Å². The highest BCUT2D eigenvalue weighted by atomic mass is 28.4. The van der Waals surface area contributed by atoms with Gasteiger partial charge in [-0.25, -0.2) is 0 Å². The summed E-state index contributed by atoms with van der Waals surface area (Å²) >= 11 is 0. The average molecular weight is 481 g/mol. The number of aliphatic imine (C=N–C) groups is 1. The molecule has 0 saturated carbocycles. The lowest BCUT2D eigenvalue weighted by atomic mass is 9.99. The molecule has 2 heterocycles. The number of carbonyl (C=O) groups is 1. The monoisotopic (exact) mass is 480 g/mol. The van der Waals surface area contributed by atoms with Crippen molar-refractivity contribution in [3.8, 4) is 5.75 Å². The fraction of sp³-hybridized carbons (Fsp3) is 0.481. The number of amidine groups is 1. The summed E-state index contributed by atoms with van der Waals surface area (Å²) < 4.78 is 18.0. The van der Waals surface area contributed by atoms with Gasteiger partial charge < -0.3 is 13.9 Å². The zero-order valence-electron chi connectivity index (χ0n) is 21.1. The van der Waals surface area contributed by atoms with Crippen LogP contribution in [0.5, 0.6) is 5.75 Å². The maximum Gasteiger partial charge on any atom is 0.259 e. The summed E-state index contributed by atoms with van der Waals surface area (Å²) in [7, 11) is -0.221. The number of fused-ring (bicyclic) bond motifs is 1. The van der Waals surface area contributed by atoms with Crippen LogP contribution in [0.1, 0.15) is 43.1 Å². The first-order valence-corrected chi connectivity index (χ1v) is 14.9. The van der Waals surface area contributed by atoms with Gasteiger partial charge in [-0.2, -0.15) is 0 Å². The van der Waals surface area contributed by atoms with Crippen LogP contribution in [-0.4, -0.2) is 63.5 Å². The van der Waals surface area contributed by atoms with E-state index in [2.05, 4.69) is 33.9 Å². The number of hydrogen-bond donors (Lipinski definition) is 0. The molecule has 6 nitrogen and oxygen atoms in total.